The van der Waals surface area contributed by atoms with Crippen LogP contribution in [0, 0.1) is 0 Å². The van der Waals surface area contributed by atoms with Crippen molar-refractivity contribution in [1.82, 2.24) is 0 Å². The van der Waals surface area contributed by atoms with E-state index in [-0.39, 0.29) is 11.0 Å². The minimum absolute atomic E-state index is 0.0903. The van der Waals surface area contributed by atoms with Crippen LogP contribution in [-0.2, 0) is 4.74 Å². The summed E-state index contributed by atoms with van der Waals surface area (Å²) in [5.41, 5.74) is 1.45. The van der Waals surface area contributed by atoms with Crippen LogP contribution >= 0.6 is 11.8 Å². The van der Waals surface area contributed by atoms with Gasteiger partial charge in [0.15, 0.2) is 11.5 Å². The normalized spacial score (nSPS) is 19.2. The second-order valence-corrected chi connectivity index (χ2v) is 5.01. The van der Waals surface area contributed by atoms with Gasteiger partial charge in [-0.05, 0) is 12.5 Å². The number of benzene rings is 1. The Bertz CT molecular complexity index is 520. The predicted octanol–water partition coefficient (Wildman–Crippen LogP) is 3.61. The van der Waals surface area contributed by atoms with Gasteiger partial charge in [-0.3, -0.25) is 4.79 Å². The summed E-state index contributed by atoms with van der Waals surface area (Å²) in [4.78, 5) is 11.6. The first-order valence-corrected chi connectivity index (χ1v) is 6.53. The zero-order valence-electron chi connectivity index (χ0n) is 10.1. The number of hydrogen-bond donors (Lipinski definition) is 1. The summed E-state index contributed by atoms with van der Waals surface area (Å²) in [6, 6.07) is 7.30. The maximum Gasteiger partial charge on any atom is 0.168 e. The summed E-state index contributed by atoms with van der Waals surface area (Å²) in [5.74, 6) is 0.578. The molecule has 1 atom stereocenters. The van der Waals surface area contributed by atoms with Gasteiger partial charge in [-0.25, -0.2) is 0 Å². The largest absolute Gasteiger partial charge is 0.504 e. The van der Waals surface area contributed by atoms with Crippen molar-refractivity contribution < 1.29 is 14.6 Å². The third-order valence-electron chi connectivity index (χ3n) is 2.70. The highest BCUT2D eigenvalue weighted by Crippen LogP contribution is 2.50. The van der Waals surface area contributed by atoms with Crippen molar-refractivity contribution in [2.45, 2.75) is 12.2 Å². The molecule has 0 radical (unpaired) electrons. The van der Waals surface area contributed by atoms with Gasteiger partial charge < -0.3 is 9.84 Å². The van der Waals surface area contributed by atoms with Crippen molar-refractivity contribution in [2.24, 2.45) is 0 Å². The Morgan fingerprint density at radius 3 is 2.89 bits per heavy atom. The molecular weight excluding hydrogens is 248 g/mol. The average molecular weight is 262 g/mol. The molecule has 0 spiro atoms. The van der Waals surface area contributed by atoms with E-state index in [4.69, 9.17) is 4.74 Å². The zero-order chi connectivity index (χ0) is 13.1. The molecule has 0 amide bonds. The lowest BCUT2D eigenvalue weighted by atomic mass is 10.0. The van der Waals surface area contributed by atoms with Crippen LogP contribution in [0.5, 0.6) is 0 Å². The SMILES string of the molecule is C=C1SC(c2ccccc2C=O)C(OCC)=C1O. The van der Waals surface area contributed by atoms with Crippen LogP contribution in [0.25, 0.3) is 0 Å². The minimum Gasteiger partial charge on any atom is -0.504 e. The van der Waals surface area contributed by atoms with Crippen molar-refractivity contribution in [2.75, 3.05) is 6.61 Å². The molecule has 4 heteroatoms. The molecule has 1 heterocycles. The fourth-order valence-electron chi connectivity index (χ4n) is 1.87. The summed E-state index contributed by atoms with van der Waals surface area (Å²) < 4.78 is 5.48. The lowest BCUT2D eigenvalue weighted by Crippen LogP contribution is -2.03. The first-order valence-electron chi connectivity index (χ1n) is 5.65. The molecule has 1 unspecified atom stereocenters. The summed E-state index contributed by atoms with van der Waals surface area (Å²) in [6.45, 7) is 6.11. The van der Waals surface area contributed by atoms with E-state index in [0.29, 0.717) is 22.8 Å². The Hall–Kier alpha value is -1.68. The van der Waals surface area contributed by atoms with E-state index in [1.807, 2.05) is 25.1 Å². The summed E-state index contributed by atoms with van der Waals surface area (Å²) in [5, 5.41) is 9.73. The van der Waals surface area contributed by atoms with Crippen LogP contribution in [0.4, 0.5) is 0 Å². The molecule has 94 valence electrons. The van der Waals surface area contributed by atoms with Gasteiger partial charge >= 0.3 is 0 Å². The number of carbonyl (C=O) groups is 1. The first-order chi connectivity index (χ1) is 8.69. The van der Waals surface area contributed by atoms with Crippen molar-refractivity contribution in [3.8, 4) is 0 Å². The molecule has 0 fully saturated rings. The number of carbonyl (C=O) groups excluding carboxylic acids is 1. The molecule has 3 nitrogen and oxygen atoms in total. The fraction of sp³-hybridized carbons (Fsp3) is 0.214. The van der Waals surface area contributed by atoms with Gasteiger partial charge in [0.25, 0.3) is 0 Å². The zero-order valence-corrected chi connectivity index (χ0v) is 10.9. The molecule has 0 saturated heterocycles. The molecule has 1 aromatic rings. The van der Waals surface area contributed by atoms with Gasteiger partial charge in [0.1, 0.15) is 6.29 Å². The van der Waals surface area contributed by atoms with Crippen molar-refractivity contribution in [1.29, 1.82) is 0 Å². The summed E-state index contributed by atoms with van der Waals surface area (Å²) >= 11 is 1.40. The molecule has 1 N–H and O–H groups in total. The number of rotatable bonds is 4. The monoisotopic (exact) mass is 262 g/mol. The number of aliphatic hydroxyl groups is 1. The smallest absolute Gasteiger partial charge is 0.168 e. The van der Waals surface area contributed by atoms with Crippen LogP contribution in [0.3, 0.4) is 0 Å². The van der Waals surface area contributed by atoms with Crippen molar-refractivity contribution in [3.05, 3.63) is 58.4 Å². The summed E-state index contributed by atoms with van der Waals surface area (Å²) in [6.07, 6.45) is 0.817. The third kappa shape index (κ3) is 2.16. The Labute approximate surface area is 110 Å². The molecule has 2 rings (SSSR count). The average Bonchev–Trinajstić information content (AvgIpc) is 2.67. The molecule has 1 aliphatic heterocycles. The number of ether oxygens (including phenoxy) is 1. The first kappa shape index (κ1) is 12.8. The van der Waals surface area contributed by atoms with Crippen LogP contribution in [-0.4, -0.2) is 18.0 Å². The van der Waals surface area contributed by atoms with E-state index in [1.165, 1.54) is 11.8 Å². The topological polar surface area (TPSA) is 46.5 Å². The van der Waals surface area contributed by atoms with Gasteiger partial charge in [0.2, 0.25) is 0 Å². The third-order valence-corrected chi connectivity index (χ3v) is 3.88. The van der Waals surface area contributed by atoms with Gasteiger partial charge in [-0.1, -0.05) is 30.8 Å². The molecule has 0 bridgehead atoms. The van der Waals surface area contributed by atoms with Crippen LogP contribution in [0.1, 0.15) is 28.1 Å². The van der Waals surface area contributed by atoms with Crippen molar-refractivity contribution >= 4 is 18.0 Å². The van der Waals surface area contributed by atoms with Crippen molar-refractivity contribution in [3.63, 3.8) is 0 Å². The second-order valence-electron chi connectivity index (χ2n) is 3.81. The van der Waals surface area contributed by atoms with E-state index >= 15 is 0 Å². The number of aldehydes is 1. The highest BCUT2D eigenvalue weighted by Gasteiger charge is 2.33. The number of aliphatic hydroxyl groups excluding tert-OH is 1. The highest BCUT2D eigenvalue weighted by molar-refractivity contribution is 8.04. The maximum atomic E-state index is 11.1. The molecule has 0 aliphatic carbocycles. The second kappa shape index (κ2) is 5.31. The fourth-order valence-corrected chi connectivity index (χ4v) is 3.00. The molecule has 1 aromatic carbocycles. The van der Waals surface area contributed by atoms with E-state index in [0.717, 1.165) is 11.8 Å². The lowest BCUT2D eigenvalue weighted by molar-refractivity contribution is 0.112. The molecule has 0 aromatic heterocycles. The standard InChI is InChI=1S/C14H14O3S/c1-3-17-13-12(16)9(2)18-14(13)11-7-5-4-6-10(11)8-15/h4-8,14,16H,2-3H2,1H3. The number of thioether (sulfide) groups is 1. The Morgan fingerprint density at radius 1 is 1.50 bits per heavy atom. The van der Waals surface area contributed by atoms with E-state index in [2.05, 4.69) is 6.58 Å². The van der Waals surface area contributed by atoms with Crippen LogP contribution < -0.4 is 0 Å². The molecular formula is C14H14O3S. The van der Waals surface area contributed by atoms with E-state index in [1.54, 1.807) is 6.07 Å². The van der Waals surface area contributed by atoms with E-state index in [9.17, 15) is 9.90 Å². The predicted molar refractivity (Wildman–Crippen MR) is 72.6 cm³/mol. The lowest BCUT2D eigenvalue weighted by Gasteiger charge is -2.15. The molecule has 0 saturated carbocycles. The quantitative estimate of drug-likeness (QED) is 0.842. The van der Waals surface area contributed by atoms with Gasteiger partial charge in [-0.2, -0.15) is 0 Å². The van der Waals surface area contributed by atoms with Crippen LogP contribution in [0.15, 0.2) is 47.3 Å². The number of hydrogen-bond acceptors (Lipinski definition) is 4. The van der Waals surface area contributed by atoms with Gasteiger partial charge in [-0.15, -0.1) is 11.8 Å². The summed E-state index contributed by atoms with van der Waals surface area (Å²) in [7, 11) is 0. The van der Waals surface area contributed by atoms with Crippen LogP contribution in [0.2, 0.25) is 0 Å². The Balaban J connectivity index is 2.45. The van der Waals surface area contributed by atoms with E-state index < -0.39 is 0 Å². The Morgan fingerprint density at radius 2 is 2.22 bits per heavy atom. The van der Waals surface area contributed by atoms with Gasteiger partial charge in [0.05, 0.1) is 11.9 Å². The minimum atomic E-state index is -0.196. The Kier molecular flexibility index (Phi) is 3.77. The molecule has 18 heavy (non-hydrogen) atoms. The molecule has 1 aliphatic rings. The highest BCUT2D eigenvalue weighted by atomic mass is 32.2. The maximum absolute atomic E-state index is 11.1. The van der Waals surface area contributed by atoms with Gasteiger partial charge in [0, 0.05) is 10.5 Å².